The lowest BCUT2D eigenvalue weighted by atomic mass is 10.0. The van der Waals surface area contributed by atoms with E-state index in [-0.39, 0.29) is 11.8 Å². The molecule has 1 aromatic heterocycles. The summed E-state index contributed by atoms with van der Waals surface area (Å²) in [4.78, 5) is 23.8. The highest BCUT2D eigenvalue weighted by molar-refractivity contribution is 5.96. The van der Waals surface area contributed by atoms with Crippen LogP contribution in [-0.4, -0.2) is 29.2 Å². The van der Waals surface area contributed by atoms with Crippen LogP contribution in [0.25, 0.3) is 0 Å². The van der Waals surface area contributed by atoms with Gasteiger partial charge in [-0.25, -0.2) is 4.79 Å². The molecule has 0 aliphatic carbocycles. The van der Waals surface area contributed by atoms with Crippen molar-refractivity contribution in [3.63, 3.8) is 0 Å². The van der Waals surface area contributed by atoms with Gasteiger partial charge in [-0.05, 0) is 37.1 Å². The number of carbonyl (C=O) groups is 2. The van der Waals surface area contributed by atoms with Crippen LogP contribution in [0, 0.1) is 5.92 Å². The predicted octanol–water partition coefficient (Wildman–Crippen LogP) is 3.38. The Labute approximate surface area is 146 Å². The highest BCUT2D eigenvalue weighted by Gasteiger charge is 2.15. The number of benzene rings is 1. The van der Waals surface area contributed by atoms with Gasteiger partial charge in [-0.1, -0.05) is 26.0 Å². The molecule has 0 spiro atoms. The molecule has 7 nitrogen and oxygen atoms in total. The first-order valence-corrected chi connectivity index (χ1v) is 8.18. The lowest BCUT2D eigenvalue weighted by molar-refractivity contribution is -0.120. The molecule has 0 radical (unpaired) electrons. The number of rotatable bonds is 7. The fourth-order valence-electron chi connectivity index (χ4n) is 2.37. The van der Waals surface area contributed by atoms with Crippen LogP contribution in [0.3, 0.4) is 0 Å². The number of methoxy groups -OCH3 is 1. The van der Waals surface area contributed by atoms with Gasteiger partial charge >= 0.3 is 5.97 Å². The van der Waals surface area contributed by atoms with Crippen molar-refractivity contribution >= 4 is 29.2 Å². The SMILES string of the molecule is CCC(CC)C(=O)Nc1ccc(Nc2ccccc2C(=O)OC)nn1. The molecule has 0 saturated carbocycles. The number of para-hydroxylation sites is 1. The van der Waals surface area contributed by atoms with E-state index in [4.69, 9.17) is 4.74 Å². The van der Waals surface area contributed by atoms with Crippen LogP contribution in [0.2, 0.25) is 0 Å². The topological polar surface area (TPSA) is 93.2 Å². The second-order valence-corrected chi connectivity index (χ2v) is 5.47. The lowest BCUT2D eigenvalue weighted by Crippen LogP contribution is -2.22. The normalized spacial score (nSPS) is 10.4. The Morgan fingerprint density at radius 1 is 1.04 bits per heavy atom. The van der Waals surface area contributed by atoms with Gasteiger partial charge in [0.2, 0.25) is 5.91 Å². The third-order valence-electron chi connectivity index (χ3n) is 3.87. The van der Waals surface area contributed by atoms with E-state index in [9.17, 15) is 9.59 Å². The van der Waals surface area contributed by atoms with Crippen molar-refractivity contribution in [2.75, 3.05) is 17.7 Å². The molecule has 2 rings (SSSR count). The molecule has 0 bridgehead atoms. The van der Waals surface area contributed by atoms with Gasteiger partial charge in [-0.2, -0.15) is 0 Å². The van der Waals surface area contributed by atoms with Crippen molar-refractivity contribution in [1.29, 1.82) is 0 Å². The van der Waals surface area contributed by atoms with Crippen LogP contribution >= 0.6 is 0 Å². The number of carbonyl (C=O) groups excluding carboxylic acids is 2. The fraction of sp³-hybridized carbons (Fsp3) is 0.333. The first kappa shape index (κ1) is 18.4. The van der Waals surface area contributed by atoms with Gasteiger partial charge < -0.3 is 15.4 Å². The van der Waals surface area contributed by atoms with E-state index in [1.165, 1.54) is 7.11 Å². The number of ether oxygens (including phenoxy) is 1. The van der Waals surface area contributed by atoms with Crippen LogP contribution < -0.4 is 10.6 Å². The monoisotopic (exact) mass is 342 g/mol. The molecule has 0 saturated heterocycles. The van der Waals surface area contributed by atoms with Crippen molar-refractivity contribution in [3.05, 3.63) is 42.0 Å². The number of aromatic nitrogens is 2. The molecule has 0 unspecified atom stereocenters. The van der Waals surface area contributed by atoms with Gasteiger partial charge in [0.1, 0.15) is 0 Å². The minimum absolute atomic E-state index is 0.0356. The van der Waals surface area contributed by atoms with E-state index in [0.717, 1.165) is 12.8 Å². The van der Waals surface area contributed by atoms with Gasteiger partial charge in [0.15, 0.2) is 11.6 Å². The Bertz CT molecular complexity index is 727. The molecule has 2 aromatic rings. The Balaban J connectivity index is 2.09. The molecule has 2 N–H and O–H groups in total. The molecule has 0 aliphatic heterocycles. The van der Waals surface area contributed by atoms with E-state index >= 15 is 0 Å². The summed E-state index contributed by atoms with van der Waals surface area (Å²) in [5, 5.41) is 13.8. The summed E-state index contributed by atoms with van der Waals surface area (Å²) in [5.74, 6) is 0.313. The van der Waals surface area contributed by atoms with Crippen molar-refractivity contribution in [1.82, 2.24) is 10.2 Å². The average molecular weight is 342 g/mol. The second-order valence-electron chi connectivity index (χ2n) is 5.47. The summed E-state index contributed by atoms with van der Waals surface area (Å²) in [6, 6.07) is 10.3. The fourth-order valence-corrected chi connectivity index (χ4v) is 2.37. The van der Waals surface area contributed by atoms with Gasteiger partial charge in [0.25, 0.3) is 0 Å². The molecule has 0 aliphatic rings. The predicted molar refractivity (Wildman–Crippen MR) is 95.8 cm³/mol. The van der Waals surface area contributed by atoms with Crippen molar-refractivity contribution < 1.29 is 14.3 Å². The first-order valence-electron chi connectivity index (χ1n) is 8.18. The van der Waals surface area contributed by atoms with E-state index in [2.05, 4.69) is 20.8 Å². The molecule has 0 atom stereocenters. The van der Waals surface area contributed by atoms with Gasteiger partial charge in [-0.3, -0.25) is 4.79 Å². The first-order chi connectivity index (χ1) is 12.1. The molecular weight excluding hydrogens is 320 g/mol. The molecule has 0 fully saturated rings. The van der Waals surface area contributed by atoms with E-state index in [1.807, 2.05) is 13.8 Å². The van der Waals surface area contributed by atoms with Gasteiger partial charge in [0, 0.05) is 5.92 Å². The maximum Gasteiger partial charge on any atom is 0.339 e. The van der Waals surface area contributed by atoms with E-state index in [0.29, 0.717) is 22.9 Å². The van der Waals surface area contributed by atoms with Crippen LogP contribution in [0.5, 0.6) is 0 Å². The standard InChI is InChI=1S/C18H22N4O3/c1-4-12(5-2)17(23)20-16-11-10-15(21-22-16)19-14-9-7-6-8-13(14)18(24)25-3/h6-12H,4-5H2,1-3H3,(H,19,21)(H,20,22,23). The average Bonchev–Trinajstić information content (AvgIpc) is 2.64. The molecule has 132 valence electrons. The molecule has 1 aromatic carbocycles. The van der Waals surface area contributed by atoms with E-state index < -0.39 is 5.97 Å². The maximum atomic E-state index is 12.1. The number of hydrogen-bond acceptors (Lipinski definition) is 6. The summed E-state index contributed by atoms with van der Waals surface area (Å²) in [7, 11) is 1.33. The van der Waals surface area contributed by atoms with Gasteiger partial charge in [0.05, 0.1) is 18.4 Å². The zero-order valence-corrected chi connectivity index (χ0v) is 14.6. The minimum Gasteiger partial charge on any atom is -0.465 e. The Kier molecular flexibility index (Phi) is 6.45. The zero-order chi connectivity index (χ0) is 18.2. The molecular formula is C18H22N4O3. The Hall–Kier alpha value is -2.96. The van der Waals surface area contributed by atoms with E-state index in [1.54, 1.807) is 36.4 Å². The largest absolute Gasteiger partial charge is 0.465 e. The van der Waals surface area contributed by atoms with Crippen LogP contribution in [-0.2, 0) is 9.53 Å². The number of amides is 1. The number of esters is 1. The molecule has 7 heteroatoms. The zero-order valence-electron chi connectivity index (χ0n) is 14.6. The lowest BCUT2D eigenvalue weighted by Gasteiger charge is -2.12. The number of hydrogen-bond donors (Lipinski definition) is 2. The summed E-state index contributed by atoms with van der Waals surface area (Å²) in [6.45, 7) is 3.95. The number of nitrogens with zero attached hydrogens (tertiary/aromatic N) is 2. The quantitative estimate of drug-likeness (QED) is 0.749. The van der Waals surface area contributed by atoms with Crippen molar-refractivity contribution in [2.24, 2.45) is 5.92 Å². The Morgan fingerprint density at radius 3 is 2.28 bits per heavy atom. The number of anilines is 3. The minimum atomic E-state index is -0.440. The van der Waals surface area contributed by atoms with Crippen molar-refractivity contribution in [2.45, 2.75) is 26.7 Å². The van der Waals surface area contributed by atoms with Gasteiger partial charge in [-0.15, -0.1) is 10.2 Å². The highest BCUT2D eigenvalue weighted by atomic mass is 16.5. The summed E-state index contributed by atoms with van der Waals surface area (Å²) in [5.41, 5.74) is 0.968. The summed E-state index contributed by atoms with van der Waals surface area (Å²) in [6.07, 6.45) is 1.55. The third-order valence-corrected chi connectivity index (χ3v) is 3.87. The maximum absolute atomic E-state index is 12.1. The molecule has 1 heterocycles. The smallest absolute Gasteiger partial charge is 0.339 e. The van der Waals surface area contributed by atoms with Crippen LogP contribution in [0.1, 0.15) is 37.0 Å². The van der Waals surface area contributed by atoms with Crippen molar-refractivity contribution in [3.8, 4) is 0 Å². The second kappa shape index (κ2) is 8.77. The highest BCUT2D eigenvalue weighted by Crippen LogP contribution is 2.20. The number of nitrogens with one attached hydrogen (secondary N) is 2. The van der Waals surface area contributed by atoms with Crippen LogP contribution in [0.15, 0.2) is 36.4 Å². The Morgan fingerprint density at radius 2 is 1.68 bits per heavy atom. The molecule has 25 heavy (non-hydrogen) atoms. The molecule has 1 amide bonds. The summed E-state index contributed by atoms with van der Waals surface area (Å²) >= 11 is 0. The van der Waals surface area contributed by atoms with Crippen LogP contribution in [0.4, 0.5) is 17.3 Å². The third kappa shape index (κ3) is 4.76. The summed E-state index contributed by atoms with van der Waals surface area (Å²) < 4.78 is 4.76.